The molecule has 1 atom stereocenters. The maximum Gasteiger partial charge on any atom is 0.111 e. The van der Waals surface area contributed by atoms with E-state index in [0.29, 0.717) is 0 Å². The lowest BCUT2D eigenvalue weighted by Gasteiger charge is -2.15. The van der Waals surface area contributed by atoms with Gasteiger partial charge in [0.15, 0.2) is 0 Å². The van der Waals surface area contributed by atoms with Crippen LogP contribution in [0.1, 0.15) is 29.1 Å². The molecule has 0 aliphatic rings. The summed E-state index contributed by atoms with van der Waals surface area (Å²) in [5.74, 6) is 0. The van der Waals surface area contributed by atoms with Crippen molar-refractivity contribution in [3.8, 4) is 0 Å². The zero-order valence-electron chi connectivity index (χ0n) is 12.5. The summed E-state index contributed by atoms with van der Waals surface area (Å²) in [6.07, 6.45) is 2.06. The number of aryl methyl sites for hydroxylation is 1. The van der Waals surface area contributed by atoms with Gasteiger partial charge in [0.2, 0.25) is 0 Å². The van der Waals surface area contributed by atoms with Gasteiger partial charge in [-0.3, -0.25) is 0 Å². The van der Waals surface area contributed by atoms with Gasteiger partial charge in [-0.2, -0.15) is 0 Å². The van der Waals surface area contributed by atoms with E-state index in [0.717, 1.165) is 18.4 Å². The van der Waals surface area contributed by atoms with E-state index < -0.39 is 0 Å². The molecule has 21 heavy (non-hydrogen) atoms. The van der Waals surface area contributed by atoms with Crippen LogP contribution in [-0.2, 0) is 12.8 Å². The number of benzene rings is 2. The summed E-state index contributed by atoms with van der Waals surface area (Å²) < 4.78 is 1.26. The topological polar surface area (TPSA) is 24.9 Å². The third-order valence-corrected chi connectivity index (χ3v) is 5.03. The highest BCUT2D eigenvalue weighted by molar-refractivity contribution is 7.18. The van der Waals surface area contributed by atoms with Crippen LogP contribution in [0, 0.1) is 0 Å². The fourth-order valence-electron chi connectivity index (χ4n) is 2.67. The smallest absolute Gasteiger partial charge is 0.111 e. The minimum atomic E-state index is 0.273. The Kier molecular flexibility index (Phi) is 4.32. The van der Waals surface area contributed by atoms with Crippen molar-refractivity contribution in [3.63, 3.8) is 0 Å². The first kappa shape index (κ1) is 14.2. The fourth-order valence-corrected chi connectivity index (χ4v) is 3.75. The van der Waals surface area contributed by atoms with Gasteiger partial charge >= 0.3 is 0 Å². The van der Waals surface area contributed by atoms with Crippen LogP contribution in [-0.4, -0.2) is 12.0 Å². The summed E-state index contributed by atoms with van der Waals surface area (Å²) in [7, 11) is 2.02. The molecule has 3 rings (SSSR count). The molecule has 0 amide bonds. The van der Waals surface area contributed by atoms with E-state index in [2.05, 4.69) is 54.7 Å². The van der Waals surface area contributed by atoms with Crippen molar-refractivity contribution in [2.24, 2.45) is 0 Å². The minimum Gasteiger partial charge on any atom is -0.311 e. The average Bonchev–Trinajstić information content (AvgIpc) is 2.96. The number of likely N-dealkylation sites (N-methyl/N-ethyl adjacent to an activating group) is 1. The third-order valence-electron chi connectivity index (χ3n) is 3.88. The van der Waals surface area contributed by atoms with Crippen molar-refractivity contribution in [1.29, 1.82) is 0 Å². The highest BCUT2D eigenvalue weighted by atomic mass is 32.1. The maximum absolute atomic E-state index is 4.79. The Hall–Kier alpha value is -1.71. The van der Waals surface area contributed by atoms with E-state index in [9.17, 15) is 0 Å². The summed E-state index contributed by atoms with van der Waals surface area (Å²) in [4.78, 5) is 4.79. The monoisotopic (exact) mass is 296 g/mol. The van der Waals surface area contributed by atoms with Gasteiger partial charge < -0.3 is 5.32 Å². The molecule has 1 heterocycles. The third kappa shape index (κ3) is 2.99. The largest absolute Gasteiger partial charge is 0.311 e. The second-order valence-corrected chi connectivity index (χ2v) is 6.25. The van der Waals surface area contributed by atoms with Gasteiger partial charge in [-0.05, 0) is 43.1 Å². The molecule has 0 spiro atoms. The molecule has 3 heteroatoms. The maximum atomic E-state index is 4.79. The SMILES string of the molecule is CCc1ccccc1CC(NC)c1nc2ccccc2s1. The number of thiazole rings is 1. The predicted molar refractivity (Wildman–Crippen MR) is 90.9 cm³/mol. The Labute approximate surface area is 129 Å². The number of aromatic nitrogens is 1. The molecule has 0 aliphatic carbocycles. The molecule has 1 N–H and O–H groups in total. The summed E-state index contributed by atoms with van der Waals surface area (Å²) in [5.41, 5.74) is 3.94. The number of nitrogens with zero attached hydrogens (tertiary/aromatic N) is 1. The van der Waals surface area contributed by atoms with Crippen LogP contribution in [0.2, 0.25) is 0 Å². The zero-order valence-corrected chi connectivity index (χ0v) is 13.3. The first-order valence-corrected chi connectivity index (χ1v) is 8.23. The number of para-hydroxylation sites is 1. The van der Waals surface area contributed by atoms with Crippen LogP contribution in [0.5, 0.6) is 0 Å². The molecule has 2 nitrogen and oxygen atoms in total. The quantitative estimate of drug-likeness (QED) is 0.756. The molecule has 0 fully saturated rings. The molecule has 1 aromatic heterocycles. The van der Waals surface area contributed by atoms with Crippen molar-refractivity contribution < 1.29 is 0 Å². The van der Waals surface area contributed by atoms with Crippen LogP contribution in [0.3, 0.4) is 0 Å². The number of rotatable bonds is 5. The predicted octanol–water partition coefficient (Wildman–Crippen LogP) is 4.36. The molecule has 0 bridgehead atoms. The summed E-state index contributed by atoms with van der Waals surface area (Å²) in [5, 5.41) is 4.60. The van der Waals surface area contributed by atoms with Gasteiger partial charge in [0.1, 0.15) is 5.01 Å². The van der Waals surface area contributed by atoms with Crippen molar-refractivity contribution in [2.75, 3.05) is 7.05 Å². The number of fused-ring (bicyclic) bond motifs is 1. The van der Waals surface area contributed by atoms with Crippen LogP contribution in [0.15, 0.2) is 48.5 Å². The molecule has 0 saturated heterocycles. The molecule has 0 aliphatic heterocycles. The van der Waals surface area contributed by atoms with Crippen LogP contribution >= 0.6 is 11.3 Å². The Bertz CT molecular complexity index is 700. The molecule has 0 radical (unpaired) electrons. The van der Waals surface area contributed by atoms with Crippen molar-refractivity contribution in [3.05, 3.63) is 64.7 Å². The first-order valence-electron chi connectivity index (χ1n) is 7.41. The van der Waals surface area contributed by atoms with Gasteiger partial charge in [0.25, 0.3) is 0 Å². The van der Waals surface area contributed by atoms with E-state index in [-0.39, 0.29) is 6.04 Å². The second kappa shape index (κ2) is 6.37. The van der Waals surface area contributed by atoms with Gasteiger partial charge in [-0.15, -0.1) is 11.3 Å². The number of nitrogens with one attached hydrogen (secondary N) is 1. The average molecular weight is 296 g/mol. The summed E-state index contributed by atoms with van der Waals surface area (Å²) >= 11 is 1.79. The van der Waals surface area contributed by atoms with E-state index in [1.807, 2.05) is 13.1 Å². The van der Waals surface area contributed by atoms with Crippen LogP contribution in [0.25, 0.3) is 10.2 Å². The van der Waals surface area contributed by atoms with Gasteiger partial charge in [-0.1, -0.05) is 43.3 Å². The van der Waals surface area contributed by atoms with Crippen LogP contribution in [0.4, 0.5) is 0 Å². The first-order chi connectivity index (χ1) is 10.3. The second-order valence-electron chi connectivity index (χ2n) is 5.19. The Morgan fingerprint density at radius 2 is 1.76 bits per heavy atom. The lowest BCUT2D eigenvalue weighted by Crippen LogP contribution is -2.19. The molecule has 2 aromatic carbocycles. The van der Waals surface area contributed by atoms with Gasteiger partial charge in [-0.25, -0.2) is 4.98 Å². The lowest BCUT2D eigenvalue weighted by molar-refractivity contribution is 0.587. The standard InChI is InChI=1S/C18H20N2S/c1-3-13-8-4-5-9-14(13)12-16(19-2)18-20-15-10-6-7-11-17(15)21-18/h4-11,16,19H,3,12H2,1-2H3. The normalized spacial score (nSPS) is 12.7. The molecule has 108 valence electrons. The number of hydrogen-bond acceptors (Lipinski definition) is 3. The highest BCUT2D eigenvalue weighted by Gasteiger charge is 2.16. The fraction of sp³-hybridized carbons (Fsp3) is 0.278. The van der Waals surface area contributed by atoms with E-state index in [1.165, 1.54) is 20.8 Å². The van der Waals surface area contributed by atoms with Crippen LogP contribution < -0.4 is 5.32 Å². The number of hydrogen-bond donors (Lipinski definition) is 1. The molecule has 3 aromatic rings. The summed E-state index contributed by atoms with van der Waals surface area (Å²) in [6.45, 7) is 2.21. The molecular weight excluding hydrogens is 276 g/mol. The lowest BCUT2D eigenvalue weighted by atomic mass is 9.99. The molecule has 0 saturated carbocycles. The minimum absolute atomic E-state index is 0.273. The Morgan fingerprint density at radius 1 is 1.05 bits per heavy atom. The van der Waals surface area contributed by atoms with E-state index in [1.54, 1.807) is 11.3 Å². The highest BCUT2D eigenvalue weighted by Crippen LogP contribution is 2.28. The Morgan fingerprint density at radius 3 is 2.48 bits per heavy atom. The van der Waals surface area contributed by atoms with E-state index >= 15 is 0 Å². The van der Waals surface area contributed by atoms with E-state index in [4.69, 9.17) is 4.98 Å². The molecule has 1 unspecified atom stereocenters. The summed E-state index contributed by atoms with van der Waals surface area (Å²) in [6, 6.07) is 17.3. The van der Waals surface area contributed by atoms with Crippen molar-refractivity contribution >= 4 is 21.6 Å². The van der Waals surface area contributed by atoms with Crippen molar-refractivity contribution in [1.82, 2.24) is 10.3 Å². The Balaban J connectivity index is 1.91. The van der Waals surface area contributed by atoms with Crippen molar-refractivity contribution in [2.45, 2.75) is 25.8 Å². The molecular formula is C18H20N2S. The van der Waals surface area contributed by atoms with Gasteiger partial charge in [0, 0.05) is 0 Å². The zero-order chi connectivity index (χ0) is 14.7. The van der Waals surface area contributed by atoms with Gasteiger partial charge in [0.05, 0.1) is 16.3 Å².